The van der Waals surface area contributed by atoms with Crippen molar-refractivity contribution in [2.45, 2.75) is 6.54 Å². The number of ether oxygens (including phenoxy) is 1. The van der Waals surface area contributed by atoms with Crippen molar-refractivity contribution in [1.29, 1.82) is 0 Å². The van der Waals surface area contributed by atoms with Gasteiger partial charge in [0.05, 0.1) is 19.3 Å². The Labute approximate surface area is 177 Å². The summed E-state index contributed by atoms with van der Waals surface area (Å²) in [6.07, 6.45) is 1.62. The van der Waals surface area contributed by atoms with Crippen molar-refractivity contribution in [3.8, 4) is 5.75 Å². The van der Waals surface area contributed by atoms with Gasteiger partial charge in [-0.1, -0.05) is 35.9 Å². The van der Waals surface area contributed by atoms with Gasteiger partial charge in [-0.2, -0.15) is 0 Å². The number of hydrogen-bond acceptors (Lipinski definition) is 4. The molecule has 1 N–H and O–H groups in total. The summed E-state index contributed by atoms with van der Waals surface area (Å²) >= 11 is 5.97. The number of fused-ring (bicyclic) bond motifs is 1. The zero-order valence-electron chi connectivity index (χ0n) is 16.1. The molecule has 0 radical (unpaired) electrons. The van der Waals surface area contributed by atoms with Crippen molar-refractivity contribution in [2.75, 3.05) is 12.4 Å². The average molecular weight is 420 g/mol. The van der Waals surface area contributed by atoms with Gasteiger partial charge in [-0.05, 0) is 48.0 Å². The molecule has 0 aliphatic carbocycles. The molecule has 0 unspecified atom stereocenters. The summed E-state index contributed by atoms with van der Waals surface area (Å²) in [4.78, 5) is 30.6. The number of pyridine rings is 2. The molecule has 30 heavy (non-hydrogen) atoms. The highest BCUT2D eigenvalue weighted by Crippen LogP contribution is 2.24. The SMILES string of the molecule is COc1ccccc1NC(=O)c1cc2cccnc2n(Cc2ccc(Cl)cc2)c1=O. The molecule has 0 fully saturated rings. The van der Waals surface area contributed by atoms with E-state index in [1.165, 1.54) is 11.7 Å². The van der Waals surface area contributed by atoms with Gasteiger partial charge in [0.15, 0.2) is 0 Å². The number of nitrogens with zero attached hydrogens (tertiary/aromatic N) is 2. The minimum absolute atomic E-state index is 0.0235. The van der Waals surface area contributed by atoms with E-state index in [4.69, 9.17) is 16.3 Å². The summed E-state index contributed by atoms with van der Waals surface area (Å²) in [6.45, 7) is 0.263. The molecule has 0 spiro atoms. The largest absolute Gasteiger partial charge is 0.495 e. The summed E-state index contributed by atoms with van der Waals surface area (Å²) in [7, 11) is 1.52. The van der Waals surface area contributed by atoms with Crippen LogP contribution in [0.25, 0.3) is 11.0 Å². The molecule has 0 saturated heterocycles. The molecule has 4 aromatic rings. The number of rotatable bonds is 5. The maximum atomic E-state index is 13.2. The molecule has 0 aliphatic rings. The highest BCUT2D eigenvalue weighted by Gasteiger charge is 2.18. The first-order valence-electron chi connectivity index (χ1n) is 9.24. The Bertz CT molecular complexity index is 1280. The quantitative estimate of drug-likeness (QED) is 0.521. The Hall–Kier alpha value is -3.64. The van der Waals surface area contributed by atoms with Gasteiger partial charge < -0.3 is 10.1 Å². The lowest BCUT2D eigenvalue weighted by Crippen LogP contribution is -2.30. The topological polar surface area (TPSA) is 73.2 Å². The number of amides is 1. The van der Waals surface area contributed by atoms with Crippen LogP contribution in [-0.4, -0.2) is 22.6 Å². The molecule has 2 heterocycles. The average Bonchev–Trinajstić information content (AvgIpc) is 2.77. The third-order valence-corrected chi connectivity index (χ3v) is 4.95. The van der Waals surface area contributed by atoms with Gasteiger partial charge in [0, 0.05) is 16.6 Å². The molecule has 2 aromatic carbocycles. The van der Waals surface area contributed by atoms with Gasteiger partial charge in [-0.3, -0.25) is 14.2 Å². The summed E-state index contributed by atoms with van der Waals surface area (Å²) in [6, 6.07) is 19.4. The fourth-order valence-corrected chi connectivity index (χ4v) is 3.35. The maximum Gasteiger partial charge on any atom is 0.265 e. The number of halogens is 1. The molecule has 7 heteroatoms. The van der Waals surface area contributed by atoms with E-state index >= 15 is 0 Å². The number of nitrogens with one attached hydrogen (secondary N) is 1. The Morgan fingerprint density at radius 1 is 1.10 bits per heavy atom. The first-order chi connectivity index (χ1) is 14.6. The molecule has 0 atom stereocenters. The number of para-hydroxylation sites is 2. The van der Waals surface area contributed by atoms with Crippen LogP contribution in [0.15, 0.2) is 77.7 Å². The fraction of sp³-hybridized carbons (Fsp3) is 0.0870. The lowest BCUT2D eigenvalue weighted by molar-refractivity contribution is 0.102. The number of aromatic nitrogens is 2. The molecule has 4 rings (SSSR count). The zero-order chi connectivity index (χ0) is 21.1. The number of anilines is 1. The molecule has 0 bridgehead atoms. The van der Waals surface area contributed by atoms with Crippen molar-refractivity contribution in [2.24, 2.45) is 0 Å². The lowest BCUT2D eigenvalue weighted by atomic mass is 10.1. The predicted octanol–water partition coefficient (Wildman–Crippen LogP) is 4.36. The van der Waals surface area contributed by atoms with E-state index in [1.807, 2.05) is 18.2 Å². The second-order valence-corrected chi connectivity index (χ2v) is 7.08. The van der Waals surface area contributed by atoms with Crippen molar-refractivity contribution < 1.29 is 9.53 Å². The van der Waals surface area contributed by atoms with Crippen LogP contribution >= 0.6 is 11.6 Å². The number of hydrogen-bond donors (Lipinski definition) is 1. The predicted molar refractivity (Wildman–Crippen MR) is 118 cm³/mol. The molecule has 2 aromatic heterocycles. The highest BCUT2D eigenvalue weighted by molar-refractivity contribution is 6.30. The third kappa shape index (κ3) is 3.90. The number of methoxy groups -OCH3 is 1. The van der Waals surface area contributed by atoms with Crippen LogP contribution in [0, 0.1) is 0 Å². The Balaban J connectivity index is 1.78. The summed E-state index contributed by atoms with van der Waals surface area (Å²) in [5.74, 6) is -0.00472. The van der Waals surface area contributed by atoms with Crippen LogP contribution in [0.4, 0.5) is 5.69 Å². The molecule has 0 aliphatic heterocycles. The molecule has 0 saturated carbocycles. The molecule has 1 amide bonds. The van der Waals surface area contributed by atoms with Crippen molar-refractivity contribution >= 4 is 34.2 Å². The van der Waals surface area contributed by atoms with Gasteiger partial charge in [-0.15, -0.1) is 0 Å². The van der Waals surface area contributed by atoms with Crippen LogP contribution in [0.3, 0.4) is 0 Å². The second kappa shape index (κ2) is 8.39. The van der Waals surface area contributed by atoms with E-state index in [-0.39, 0.29) is 12.1 Å². The van der Waals surface area contributed by atoms with Crippen LogP contribution in [-0.2, 0) is 6.54 Å². The normalized spacial score (nSPS) is 10.7. The number of carbonyl (C=O) groups excluding carboxylic acids is 1. The van der Waals surface area contributed by atoms with E-state index in [1.54, 1.807) is 54.7 Å². The van der Waals surface area contributed by atoms with Crippen LogP contribution in [0.2, 0.25) is 5.02 Å². The van der Waals surface area contributed by atoms with Crippen LogP contribution in [0.5, 0.6) is 5.75 Å². The van der Waals surface area contributed by atoms with Crippen LogP contribution < -0.4 is 15.6 Å². The highest BCUT2D eigenvalue weighted by atomic mass is 35.5. The van der Waals surface area contributed by atoms with E-state index < -0.39 is 11.5 Å². The van der Waals surface area contributed by atoms with Crippen molar-refractivity contribution in [3.05, 3.63) is 99.4 Å². The van der Waals surface area contributed by atoms with E-state index in [0.717, 1.165) is 5.56 Å². The standard InChI is InChI=1S/C23H18ClN3O3/c1-30-20-7-3-2-6-19(20)26-22(28)18-13-16-5-4-12-25-21(16)27(23(18)29)14-15-8-10-17(24)11-9-15/h2-13H,14H2,1H3,(H,26,28). The lowest BCUT2D eigenvalue weighted by Gasteiger charge is -2.13. The van der Waals surface area contributed by atoms with Gasteiger partial charge in [0.2, 0.25) is 0 Å². The smallest absolute Gasteiger partial charge is 0.265 e. The molecule has 150 valence electrons. The van der Waals surface area contributed by atoms with Crippen molar-refractivity contribution in [3.63, 3.8) is 0 Å². The summed E-state index contributed by atoms with van der Waals surface area (Å²) in [5.41, 5.74) is 1.46. The molecular formula is C23H18ClN3O3. The fourth-order valence-electron chi connectivity index (χ4n) is 3.23. The summed E-state index contributed by atoms with van der Waals surface area (Å²) in [5, 5.41) is 4.07. The molecular weight excluding hydrogens is 402 g/mol. The number of benzene rings is 2. The minimum atomic E-state index is -0.514. The first kappa shape index (κ1) is 19.7. The van der Waals surface area contributed by atoms with Gasteiger partial charge >= 0.3 is 0 Å². The van der Waals surface area contributed by atoms with Crippen LogP contribution in [0.1, 0.15) is 15.9 Å². The van der Waals surface area contributed by atoms with Gasteiger partial charge in [-0.25, -0.2) is 4.98 Å². The Kier molecular flexibility index (Phi) is 5.50. The van der Waals surface area contributed by atoms with E-state index in [0.29, 0.717) is 27.5 Å². The van der Waals surface area contributed by atoms with Gasteiger partial charge in [0.1, 0.15) is 17.0 Å². The zero-order valence-corrected chi connectivity index (χ0v) is 16.9. The second-order valence-electron chi connectivity index (χ2n) is 6.65. The van der Waals surface area contributed by atoms with E-state index in [9.17, 15) is 9.59 Å². The Morgan fingerprint density at radius 3 is 2.63 bits per heavy atom. The van der Waals surface area contributed by atoms with Gasteiger partial charge in [0.25, 0.3) is 11.5 Å². The summed E-state index contributed by atoms with van der Waals surface area (Å²) < 4.78 is 6.77. The minimum Gasteiger partial charge on any atom is -0.495 e. The third-order valence-electron chi connectivity index (χ3n) is 4.70. The molecule has 6 nitrogen and oxygen atoms in total. The first-order valence-corrected chi connectivity index (χ1v) is 9.62. The number of carbonyl (C=O) groups is 1. The van der Waals surface area contributed by atoms with E-state index in [2.05, 4.69) is 10.3 Å². The monoisotopic (exact) mass is 419 g/mol. The maximum absolute atomic E-state index is 13.2. The van der Waals surface area contributed by atoms with Crippen molar-refractivity contribution in [1.82, 2.24) is 9.55 Å². The Morgan fingerprint density at radius 2 is 1.87 bits per heavy atom.